The first-order chi connectivity index (χ1) is 14.6. The SMILES string of the molecule is CN1/C(=C/C=C/C=C/C2=[N+](C)c3c(Br)ccc(O)c3C2(C)C)C(C)(C)c2ccccc21. The normalized spacial score (nSPS) is 20.4. The Kier molecular flexibility index (Phi) is 5.25. The summed E-state index contributed by atoms with van der Waals surface area (Å²) in [6.07, 6.45) is 10.6. The van der Waals surface area contributed by atoms with Gasteiger partial charge in [-0.1, -0.05) is 50.3 Å². The van der Waals surface area contributed by atoms with Crippen molar-refractivity contribution in [2.75, 3.05) is 19.0 Å². The minimum Gasteiger partial charge on any atom is -0.507 e. The molecule has 1 N–H and O–H groups in total. The van der Waals surface area contributed by atoms with Crippen molar-refractivity contribution in [3.8, 4) is 5.75 Å². The number of rotatable bonds is 3. The van der Waals surface area contributed by atoms with Crippen LogP contribution >= 0.6 is 15.9 Å². The standard InChI is InChI=1S/C27H29BrN2O/c1-26(2)18-12-10-11-13-20(18)29(5)22(26)14-8-7-9-15-23-27(3,4)24-21(31)17-16-19(28)25(24)30(23)6/h7-17H,1-6H3/p+1. The molecule has 2 heterocycles. The second-order valence-corrected chi connectivity index (χ2v) is 10.2. The molecule has 0 aliphatic carbocycles. The van der Waals surface area contributed by atoms with E-state index < -0.39 is 0 Å². The Labute approximate surface area is 193 Å². The van der Waals surface area contributed by atoms with Crippen LogP contribution in [0.2, 0.25) is 0 Å². The van der Waals surface area contributed by atoms with E-state index in [-0.39, 0.29) is 10.8 Å². The van der Waals surface area contributed by atoms with Gasteiger partial charge in [-0.05, 0) is 59.6 Å². The molecule has 4 rings (SSSR count). The van der Waals surface area contributed by atoms with Gasteiger partial charge in [0.25, 0.3) is 0 Å². The number of nitrogens with zero attached hydrogens (tertiary/aromatic N) is 2. The molecule has 0 radical (unpaired) electrons. The molecule has 0 aromatic heterocycles. The highest BCUT2D eigenvalue weighted by atomic mass is 79.9. The Balaban J connectivity index is 1.60. The van der Waals surface area contributed by atoms with Crippen LogP contribution in [-0.4, -0.2) is 29.5 Å². The van der Waals surface area contributed by atoms with Crippen LogP contribution in [-0.2, 0) is 10.8 Å². The van der Waals surface area contributed by atoms with Crippen molar-refractivity contribution in [2.24, 2.45) is 0 Å². The van der Waals surface area contributed by atoms with E-state index in [1.165, 1.54) is 16.9 Å². The fraction of sp³-hybridized carbons (Fsp3) is 0.296. The number of hydrogen-bond donors (Lipinski definition) is 1. The molecule has 0 saturated heterocycles. The van der Waals surface area contributed by atoms with Crippen LogP contribution in [0, 0.1) is 0 Å². The van der Waals surface area contributed by atoms with E-state index in [0.29, 0.717) is 5.75 Å². The lowest BCUT2D eigenvalue weighted by atomic mass is 9.81. The molecule has 31 heavy (non-hydrogen) atoms. The van der Waals surface area contributed by atoms with Crippen LogP contribution < -0.4 is 4.90 Å². The van der Waals surface area contributed by atoms with Gasteiger partial charge in [0.05, 0.1) is 15.5 Å². The maximum atomic E-state index is 10.5. The molecule has 0 bridgehead atoms. The minimum atomic E-state index is -0.282. The van der Waals surface area contributed by atoms with Crippen LogP contribution in [0.5, 0.6) is 5.75 Å². The van der Waals surface area contributed by atoms with Crippen molar-refractivity contribution in [1.82, 2.24) is 0 Å². The number of aromatic hydroxyl groups is 1. The second kappa shape index (κ2) is 7.52. The number of allylic oxidation sites excluding steroid dienone is 6. The number of anilines is 1. The highest BCUT2D eigenvalue weighted by molar-refractivity contribution is 9.10. The monoisotopic (exact) mass is 477 g/mol. The van der Waals surface area contributed by atoms with Gasteiger partial charge >= 0.3 is 0 Å². The van der Waals surface area contributed by atoms with Gasteiger partial charge in [-0.2, -0.15) is 4.58 Å². The maximum absolute atomic E-state index is 10.5. The van der Waals surface area contributed by atoms with Crippen LogP contribution in [0.15, 0.2) is 76.9 Å². The third-order valence-electron chi connectivity index (χ3n) is 6.74. The molecule has 0 atom stereocenters. The number of benzene rings is 2. The van der Waals surface area contributed by atoms with E-state index in [9.17, 15) is 5.11 Å². The summed E-state index contributed by atoms with van der Waals surface area (Å²) in [4.78, 5) is 2.28. The number of likely N-dealkylation sites (N-methyl/N-ethyl adjacent to an activating group) is 1. The van der Waals surface area contributed by atoms with Gasteiger partial charge in [0, 0.05) is 29.9 Å². The Morgan fingerprint density at radius 3 is 2.35 bits per heavy atom. The Bertz CT molecular complexity index is 1180. The highest BCUT2D eigenvalue weighted by Gasteiger charge is 2.46. The van der Waals surface area contributed by atoms with Crippen LogP contribution in [0.25, 0.3) is 0 Å². The van der Waals surface area contributed by atoms with E-state index in [1.54, 1.807) is 6.07 Å². The number of halogens is 1. The average molecular weight is 478 g/mol. The summed E-state index contributed by atoms with van der Waals surface area (Å²) in [5.74, 6) is 0.338. The Morgan fingerprint density at radius 2 is 1.68 bits per heavy atom. The lowest BCUT2D eigenvalue weighted by Crippen LogP contribution is -2.26. The van der Waals surface area contributed by atoms with Crippen molar-refractivity contribution in [3.05, 3.63) is 88.1 Å². The molecule has 3 nitrogen and oxygen atoms in total. The fourth-order valence-electron chi connectivity index (χ4n) is 5.15. The quantitative estimate of drug-likeness (QED) is 0.398. The van der Waals surface area contributed by atoms with Crippen molar-refractivity contribution < 1.29 is 9.68 Å². The molecule has 4 heteroatoms. The van der Waals surface area contributed by atoms with Crippen molar-refractivity contribution in [3.63, 3.8) is 0 Å². The van der Waals surface area contributed by atoms with Crippen LogP contribution in [0.3, 0.4) is 0 Å². The molecule has 0 spiro atoms. The molecular weight excluding hydrogens is 448 g/mol. The molecule has 160 valence electrons. The minimum absolute atomic E-state index is 0.0206. The lowest BCUT2D eigenvalue weighted by molar-refractivity contribution is -0.402. The summed E-state index contributed by atoms with van der Waals surface area (Å²) in [5.41, 5.74) is 6.75. The average Bonchev–Trinajstić information content (AvgIpc) is 3.04. The smallest absolute Gasteiger partial charge is 0.227 e. The van der Waals surface area contributed by atoms with Crippen molar-refractivity contribution >= 4 is 33.0 Å². The lowest BCUT2D eigenvalue weighted by Gasteiger charge is -2.23. The number of fused-ring (bicyclic) bond motifs is 2. The van der Waals surface area contributed by atoms with Crippen molar-refractivity contribution in [1.29, 1.82) is 0 Å². The zero-order chi connectivity index (χ0) is 22.6. The fourth-order valence-corrected chi connectivity index (χ4v) is 5.74. The summed E-state index contributed by atoms with van der Waals surface area (Å²) < 4.78 is 3.15. The maximum Gasteiger partial charge on any atom is 0.227 e. The molecule has 0 saturated carbocycles. The summed E-state index contributed by atoms with van der Waals surface area (Å²) >= 11 is 3.64. The molecule has 2 aromatic rings. The molecule has 0 amide bonds. The van der Waals surface area contributed by atoms with Gasteiger partial charge in [0.15, 0.2) is 5.71 Å². The summed E-state index contributed by atoms with van der Waals surface area (Å²) in [6, 6.07) is 12.3. The van der Waals surface area contributed by atoms with Gasteiger partial charge in [0.2, 0.25) is 5.69 Å². The van der Waals surface area contributed by atoms with Crippen LogP contribution in [0.4, 0.5) is 11.4 Å². The van der Waals surface area contributed by atoms with Gasteiger partial charge in [0.1, 0.15) is 12.8 Å². The zero-order valence-electron chi connectivity index (χ0n) is 19.1. The van der Waals surface area contributed by atoms with E-state index >= 15 is 0 Å². The first kappa shape index (κ1) is 21.6. The third kappa shape index (κ3) is 3.28. The number of para-hydroxylation sites is 1. The first-order valence-corrected chi connectivity index (χ1v) is 11.4. The van der Waals surface area contributed by atoms with Crippen molar-refractivity contribution in [2.45, 2.75) is 38.5 Å². The largest absolute Gasteiger partial charge is 0.507 e. The molecule has 2 aliphatic heterocycles. The van der Waals surface area contributed by atoms with E-state index in [1.807, 2.05) is 6.07 Å². The predicted molar refractivity (Wildman–Crippen MR) is 134 cm³/mol. The number of phenolic OH excluding ortho intramolecular Hbond substituents is 1. The van der Waals surface area contributed by atoms with Gasteiger partial charge in [-0.25, -0.2) is 0 Å². The topological polar surface area (TPSA) is 26.5 Å². The molecule has 0 fully saturated rings. The summed E-state index contributed by atoms with van der Waals surface area (Å²) in [5, 5.41) is 10.5. The summed E-state index contributed by atoms with van der Waals surface area (Å²) in [7, 11) is 4.19. The van der Waals surface area contributed by atoms with Gasteiger partial charge < -0.3 is 10.0 Å². The van der Waals surface area contributed by atoms with Gasteiger partial charge in [-0.3, -0.25) is 0 Å². The molecule has 2 aliphatic rings. The number of phenols is 1. The van der Waals surface area contributed by atoms with Crippen LogP contribution in [0.1, 0.15) is 38.8 Å². The van der Waals surface area contributed by atoms with E-state index in [0.717, 1.165) is 21.4 Å². The summed E-state index contributed by atoms with van der Waals surface area (Å²) in [6.45, 7) is 8.86. The molecule has 0 unspecified atom stereocenters. The van der Waals surface area contributed by atoms with E-state index in [4.69, 9.17) is 0 Å². The Morgan fingerprint density at radius 1 is 0.968 bits per heavy atom. The first-order valence-electron chi connectivity index (χ1n) is 10.6. The molecule has 2 aromatic carbocycles. The Hall–Kier alpha value is -2.59. The predicted octanol–water partition coefficient (Wildman–Crippen LogP) is 6.58. The number of hydrogen-bond acceptors (Lipinski definition) is 2. The molecular formula is C27H30BrN2O+. The van der Waals surface area contributed by atoms with E-state index in [2.05, 4.69) is 122 Å². The van der Waals surface area contributed by atoms with Gasteiger partial charge in [-0.15, -0.1) is 0 Å². The highest BCUT2D eigenvalue weighted by Crippen LogP contribution is 2.48. The second-order valence-electron chi connectivity index (χ2n) is 9.36. The zero-order valence-corrected chi connectivity index (χ0v) is 20.7. The third-order valence-corrected chi connectivity index (χ3v) is 7.38.